The van der Waals surface area contributed by atoms with Crippen LogP contribution in [0.2, 0.25) is 0 Å². The quantitative estimate of drug-likeness (QED) is 0.389. The second-order valence-electron chi connectivity index (χ2n) is 8.87. The van der Waals surface area contributed by atoms with Crippen molar-refractivity contribution in [3.63, 3.8) is 0 Å². The predicted octanol–water partition coefficient (Wildman–Crippen LogP) is 5.59. The number of benzene rings is 3. The topological polar surface area (TPSA) is 70.6 Å². The summed E-state index contributed by atoms with van der Waals surface area (Å²) in [6, 6.07) is 27.1. The average Bonchev–Trinajstić information content (AvgIpc) is 2.90. The number of anilines is 3. The van der Waals surface area contributed by atoms with Crippen molar-refractivity contribution in [1.82, 2.24) is 14.9 Å². The van der Waals surface area contributed by atoms with Gasteiger partial charge in [-0.1, -0.05) is 48.0 Å². The number of para-hydroxylation sites is 2. The van der Waals surface area contributed by atoms with Crippen LogP contribution in [0.3, 0.4) is 0 Å². The highest BCUT2D eigenvalue weighted by atomic mass is 16.5. The first-order chi connectivity index (χ1) is 17.5. The normalized spacial score (nSPS) is 13.4. The van der Waals surface area contributed by atoms with Gasteiger partial charge in [0.15, 0.2) is 0 Å². The van der Waals surface area contributed by atoms with Crippen LogP contribution in [0.25, 0.3) is 0 Å². The molecule has 36 heavy (non-hydrogen) atoms. The van der Waals surface area contributed by atoms with Gasteiger partial charge in [0.2, 0.25) is 5.95 Å². The van der Waals surface area contributed by atoms with Gasteiger partial charge in [-0.2, -0.15) is 4.98 Å². The smallest absolute Gasteiger partial charge is 0.257 e. The van der Waals surface area contributed by atoms with E-state index in [1.54, 1.807) is 0 Å². The van der Waals surface area contributed by atoms with Gasteiger partial charge >= 0.3 is 0 Å². The molecule has 2 heterocycles. The number of nitrogens with one attached hydrogen (secondary N) is 1. The summed E-state index contributed by atoms with van der Waals surface area (Å²) in [5.41, 5.74) is 3.61. The Hall–Kier alpha value is -4.39. The number of hydrogen-bond donors (Lipinski definition) is 1. The first-order valence-electron chi connectivity index (χ1n) is 12.1. The fraction of sp³-hybridized carbons (Fsp3) is 0.207. The maximum Gasteiger partial charge on any atom is 0.257 e. The van der Waals surface area contributed by atoms with E-state index < -0.39 is 0 Å². The lowest BCUT2D eigenvalue weighted by atomic mass is 10.1. The SMILES string of the molecule is Cc1ccc(Nc2nc(C)cc(N3CCN(C(=O)c4ccccc4Oc4ccccc4)CC3)n2)cc1. The number of carbonyl (C=O) groups is 1. The van der Waals surface area contributed by atoms with E-state index in [-0.39, 0.29) is 5.91 Å². The summed E-state index contributed by atoms with van der Waals surface area (Å²) in [5, 5.41) is 3.30. The lowest BCUT2D eigenvalue weighted by Gasteiger charge is -2.35. The van der Waals surface area contributed by atoms with E-state index in [9.17, 15) is 4.79 Å². The summed E-state index contributed by atoms with van der Waals surface area (Å²) in [5.74, 6) is 2.67. The lowest BCUT2D eigenvalue weighted by Crippen LogP contribution is -2.49. The lowest BCUT2D eigenvalue weighted by molar-refractivity contribution is 0.0744. The highest BCUT2D eigenvalue weighted by Crippen LogP contribution is 2.27. The fourth-order valence-corrected chi connectivity index (χ4v) is 4.19. The molecule has 4 aromatic rings. The Bertz CT molecular complexity index is 1330. The first kappa shape index (κ1) is 23.4. The van der Waals surface area contributed by atoms with Crippen LogP contribution in [-0.4, -0.2) is 47.0 Å². The van der Waals surface area contributed by atoms with Crippen molar-refractivity contribution < 1.29 is 9.53 Å². The van der Waals surface area contributed by atoms with E-state index in [0.717, 1.165) is 17.2 Å². The maximum atomic E-state index is 13.4. The number of hydrogen-bond acceptors (Lipinski definition) is 6. The molecule has 7 nitrogen and oxygen atoms in total. The van der Waals surface area contributed by atoms with E-state index in [1.165, 1.54) is 5.56 Å². The van der Waals surface area contributed by atoms with Gasteiger partial charge in [0.25, 0.3) is 5.91 Å². The summed E-state index contributed by atoms with van der Waals surface area (Å²) in [7, 11) is 0. The molecule has 0 spiro atoms. The van der Waals surface area contributed by atoms with Crippen LogP contribution in [0.4, 0.5) is 17.5 Å². The van der Waals surface area contributed by atoms with Crippen molar-refractivity contribution in [2.75, 3.05) is 36.4 Å². The minimum atomic E-state index is -0.0261. The van der Waals surface area contributed by atoms with Gasteiger partial charge < -0.3 is 19.9 Å². The first-order valence-corrected chi connectivity index (χ1v) is 12.1. The second-order valence-corrected chi connectivity index (χ2v) is 8.87. The third kappa shape index (κ3) is 5.46. The van der Waals surface area contributed by atoms with Crippen LogP contribution in [0.5, 0.6) is 11.5 Å². The Labute approximate surface area is 211 Å². The van der Waals surface area contributed by atoms with Crippen LogP contribution in [0, 0.1) is 13.8 Å². The number of nitrogens with zero attached hydrogens (tertiary/aromatic N) is 4. The van der Waals surface area contributed by atoms with Gasteiger partial charge in [-0.25, -0.2) is 4.98 Å². The second kappa shape index (κ2) is 10.5. The summed E-state index contributed by atoms with van der Waals surface area (Å²) in [4.78, 5) is 26.7. The molecular weight excluding hydrogens is 450 g/mol. The van der Waals surface area contributed by atoms with Crippen LogP contribution < -0.4 is 15.0 Å². The van der Waals surface area contributed by atoms with Crippen molar-refractivity contribution >= 4 is 23.4 Å². The van der Waals surface area contributed by atoms with Crippen molar-refractivity contribution in [2.45, 2.75) is 13.8 Å². The number of amides is 1. The molecule has 1 aliphatic heterocycles. The van der Waals surface area contributed by atoms with Gasteiger partial charge in [0, 0.05) is 43.6 Å². The number of rotatable bonds is 6. The molecule has 0 saturated carbocycles. The van der Waals surface area contributed by atoms with Crippen LogP contribution in [-0.2, 0) is 0 Å². The monoisotopic (exact) mass is 479 g/mol. The minimum Gasteiger partial charge on any atom is -0.457 e. The Balaban J connectivity index is 1.26. The number of ether oxygens (including phenoxy) is 1. The molecule has 1 N–H and O–H groups in total. The van der Waals surface area contributed by atoms with E-state index in [4.69, 9.17) is 9.72 Å². The van der Waals surface area contributed by atoms with Crippen molar-refractivity contribution in [1.29, 1.82) is 0 Å². The van der Waals surface area contributed by atoms with E-state index in [1.807, 2.05) is 84.6 Å². The highest BCUT2D eigenvalue weighted by Gasteiger charge is 2.25. The Kier molecular flexibility index (Phi) is 6.80. The standard InChI is InChI=1S/C29H29N5O2/c1-21-12-14-23(15-13-21)31-29-30-22(2)20-27(32-29)33-16-18-34(19-17-33)28(35)25-10-6-7-11-26(25)36-24-8-4-3-5-9-24/h3-15,20H,16-19H2,1-2H3,(H,30,31,32). The number of aromatic nitrogens is 2. The molecule has 1 amide bonds. The molecule has 7 heteroatoms. The number of carbonyl (C=O) groups excluding carboxylic acids is 1. The molecule has 0 bridgehead atoms. The Morgan fingerprint density at radius 2 is 1.53 bits per heavy atom. The highest BCUT2D eigenvalue weighted by molar-refractivity contribution is 5.97. The Morgan fingerprint density at radius 3 is 2.28 bits per heavy atom. The molecule has 3 aromatic carbocycles. The van der Waals surface area contributed by atoms with Crippen LogP contribution in [0.15, 0.2) is 84.9 Å². The number of aryl methyl sites for hydroxylation is 2. The van der Waals surface area contributed by atoms with Gasteiger partial charge in [0.1, 0.15) is 17.3 Å². The van der Waals surface area contributed by atoms with Crippen LogP contribution in [0.1, 0.15) is 21.6 Å². The summed E-state index contributed by atoms with van der Waals surface area (Å²) in [6.07, 6.45) is 0. The molecule has 0 unspecified atom stereocenters. The Morgan fingerprint density at radius 1 is 0.833 bits per heavy atom. The predicted molar refractivity (Wildman–Crippen MR) is 142 cm³/mol. The van der Waals surface area contributed by atoms with Crippen molar-refractivity contribution in [3.05, 3.63) is 102 Å². The average molecular weight is 480 g/mol. The molecule has 0 atom stereocenters. The molecular formula is C29H29N5O2. The zero-order valence-electron chi connectivity index (χ0n) is 20.5. The fourth-order valence-electron chi connectivity index (χ4n) is 4.19. The maximum absolute atomic E-state index is 13.4. The summed E-state index contributed by atoms with van der Waals surface area (Å²) < 4.78 is 6.01. The van der Waals surface area contributed by atoms with Gasteiger partial charge in [0.05, 0.1) is 5.56 Å². The molecule has 0 radical (unpaired) electrons. The molecule has 1 aromatic heterocycles. The minimum absolute atomic E-state index is 0.0261. The van der Waals surface area contributed by atoms with E-state index in [0.29, 0.717) is 49.2 Å². The van der Waals surface area contributed by atoms with Gasteiger partial charge in [-0.3, -0.25) is 4.79 Å². The van der Waals surface area contributed by atoms with Crippen molar-refractivity contribution in [2.24, 2.45) is 0 Å². The zero-order valence-corrected chi connectivity index (χ0v) is 20.5. The van der Waals surface area contributed by atoms with Gasteiger partial charge in [-0.05, 0) is 50.2 Å². The molecule has 1 fully saturated rings. The van der Waals surface area contributed by atoms with E-state index >= 15 is 0 Å². The molecule has 0 aliphatic carbocycles. The van der Waals surface area contributed by atoms with Crippen molar-refractivity contribution in [3.8, 4) is 11.5 Å². The summed E-state index contributed by atoms with van der Waals surface area (Å²) >= 11 is 0. The number of piperazine rings is 1. The molecule has 182 valence electrons. The largest absolute Gasteiger partial charge is 0.457 e. The molecule has 5 rings (SSSR count). The molecule has 1 saturated heterocycles. The summed E-state index contributed by atoms with van der Waals surface area (Å²) in [6.45, 7) is 6.60. The third-order valence-electron chi connectivity index (χ3n) is 6.13. The third-order valence-corrected chi connectivity index (χ3v) is 6.13. The van der Waals surface area contributed by atoms with E-state index in [2.05, 4.69) is 34.3 Å². The zero-order chi connectivity index (χ0) is 24.9. The van der Waals surface area contributed by atoms with Gasteiger partial charge in [-0.15, -0.1) is 0 Å². The van der Waals surface area contributed by atoms with Crippen LogP contribution >= 0.6 is 0 Å². The molecule has 1 aliphatic rings.